The van der Waals surface area contributed by atoms with Gasteiger partial charge in [0.2, 0.25) is 0 Å². The molecule has 0 atom stereocenters. The van der Waals surface area contributed by atoms with Gasteiger partial charge in [-0.05, 0) is 37.5 Å². The lowest BCUT2D eigenvalue weighted by atomic mass is 10.1. The lowest BCUT2D eigenvalue weighted by Crippen LogP contribution is -2.11. The highest BCUT2D eigenvalue weighted by Gasteiger charge is 2.29. The van der Waals surface area contributed by atoms with Crippen molar-refractivity contribution in [3.8, 4) is 16.9 Å². The summed E-state index contributed by atoms with van der Waals surface area (Å²) in [6, 6.07) is 9.00. The molecule has 2 N–H and O–H groups in total. The molecule has 2 heterocycles. The maximum absolute atomic E-state index is 12.1. The van der Waals surface area contributed by atoms with E-state index in [1.807, 2.05) is 25.1 Å². The Bertz CT molecular complexity index is 1090. The Morgan fingerprint density at radius 1 is 1.29 bits per heavy atom. The van der Waals surface area contributed by atoms with E-state index in [4.69, 9.17) is 17.3 Å². The molecule has 0 radical (unpaired) electrons. The van der Waals surface area contributed by atoms with E-state index in [-0.39, 0.29) is 17.3 Å². The molecule has 4 rings (SSSR count). The normalized spacial score (nSPS) is 13.5. The van der Waals surface area contributed by atoms with Gasteiger partial charge in [-0.1, -0.05) is 29.8 Å². The van der Waals surface area contributed by atoms with E-state index in [1.54, 1.807) is 29.2 Å². The SMILES string of the molecule is Cc1cnc(CC(=O)C2CC2)cc1-n1cc(C(N)=O)c(-c2ccccc2Cl)n1. The van der Waals surface area contributed by atoms with Gasteiger partial charge in [-0.3, -0.25) is 14.6 Å². The fourth-order valence-electron chi connectivity index (χ4n) is 3.16. The Balaban J connectivity index is 1.77. The number of primary amides is 1. The molecule has 6 nitrogen and oxygen atoms in total. The Morgan fingerprint density at radius 2 is 2.04 bits per heavy atom. The number of rotatable bonds is 6. The molecule has 142 valence electrons. The minimum absolute atomic E-state index is 0.185. The number of nitrogens with zero attached hydrogens (tertiary/aromatic N) is 3. The van der Waals surface area contributed by atoms with Gasteiger partial charge in [0.1, 0.15) is 11.5 Å². The molecule has 1 aliphatic carbocycles. The summed E-state index contributed by atoms with van der Waals surface area (Å²) < 4.78 is 1.60. The molecule has 3 aromatic rings. The summed E-state index contributed by atoms with van der Waals surface area (Å²) in [6.45, 7) is 1.90. The molecule has 1 saturated carbocycles. The number of aryl methyl sites for hydroxylation is 1. The number of hydrogen-bond acceptors (Lipinski definition) is 4. The van der Waals surface area contributed by atoms with E-state index in [0.717, 1.165) is 24.1 Å². The number of Topliss-reactive ketones (excluding diaryl/α,β-unsaturated/α-hetero) is 1. The molecular weight excluding hydrogens is 376 g/mol. The summed E-state index contributed by atoms with van der Waals surface area (Å²) in [4.78, 5) is 28.5. The summed E-state index contributed by atoms with van der Waals surface area (Å²) in [5.74, 6) is -0.182. The van der Waals surface area contributed by atoms with Crippen molar-refractivity contribution in [2.45, 2.75) is 26.2 Å². The maximum atomic E-state index is 12.1. The predicted octanol–water partition coefficient (Wildman–Crippen LogP) is 3.52. The molecule has 0 spiro atoms. The fourth-order valence-corrected chi connectivity index (χ4v) is 3.38. The average Bonchev–Trinajstić information content (AvgIpc) is 3.43. The number of hydrogen-bond donors (Lipinski definition) is 1. The van der Waals surface area contributed by atoms with Crippen LogP contribution in [0.2, 0.25) is 5.02 Å². The molecule has 28 heavy (non-hydrogen) atoms. The maximum Gasteiger partial charge on any atom is 0.252 e. The van der Waals surface area contributed by atoms with Gasteiger partial charge < -0.3 is 5.73 Å². The van der Waals surface area contributed by atoms with Gasteiger partial charge in [-0.2, -0.15) is 5.10 Å². The molecule has 1 aromatic carbocycles. The standard InChI is InChI=1S/C21H19ClN4O2/c1-12-10-24-14(9-19(27)13-6-7-13)8-18(12)26-11-16(21(23)28)20(25-26)15-4-2-3-5-17(15)22/h2-5,8,10-11,13H,6-7,9H2,1H3,(H2,23,28). The van der Waals surface area contributed by atoms with Gasteiger partial charge in [0.15, 0.2) is 0 Å². The van der Waals surface area contributed by atoms with Crippen molar-refractivity contribution < 1.29 is 9.59 Å². The van der Waals surface area contributed by atoms with Crippen molar-refractivity contribution in [1.82, 2.24) is 14.8 Å². The van der Waals surface area contributed by atoms with Crippen LogP contribution in [0.25, 0.3) is 16.9 Å². The number of amides is 1. The first-order valence-corrected chi connectivity index (χ1v) is 9.45. The van der Waals surface area contributed by atoms with E-state index in [2.05, 4.69) is 10.1 Å². The zero-order chi connectivity index (χ0) is 19.8. The molecule has 0 unspecified atom stereocenters. The van der Waals surface area contributed by atoms with Gasteiger partial charge >= 0.3 is 0 Å². The minimum Gasteiger partial charge on any atom is -0.365 e. The number of aromatic nitrogens is 3. The highest BCUT2D eigenvalue weighted by atomic mass is 35.5. The Kier molecular flexibility index (Phi) is 4.73. The van der Waals surface area contributed by atoms with E-state index in [9.17, 15) is 9.59 Å². The van der Waals surface area contributed by atoms with Crippen LogP contribution in [0.4, 0.5) is 0 Å². The van der Waals surface area contributed by atoms with Crippen LogP contribution >= 0.6 is 11.6 Å². The molecule has 1 amide bonds. The van der Waals surface area contributed by atoms with Crippen molar-refractivity contribution in [2.24, 2.45) is 11.7 Å². The van der Waals surface area contributed by atoms with Crippen molar-refractivity contribution in [1.29, 1.82) is 0 Å². The van der Waals surface area contributed by atoms with Crippen LogP contribution in [0.5, 0.6) is 0 Å². The van der Waals surface area contributed by atoms with E-state index >= 15 is 0 Å². The first-order chi connectivity index (χ1) is 13.4. The van der Waals surface area contributed by atoms with Crippen molar-refractivity contribution in [3.05, 3.63) is 64.6 Å². The molecular formula is C21H19ClN4O2. The number of halogens is 1. The second kappa shape index (κ2) is 7.20. The Morgan fingerprint density at radius 3 is 2.71 bits per heavy atom. The lowest BCUT2D eigenvalue weighted by molar-refractivity contribution is -0.119. The van der Waals surface area contributed by atoms with Crippen molar-refractivity contribution in [2.75, 3.05) is 0 Å². The van der Waals surface area contributed by atoms with Crippen molar-refractivity contribution >= 4 is 23.3 Å². The molecule has 0 bridgehead atoms. The van der Waals surface area contributed by atoms with E-state index in [0.29, 0.717) is 28.4 Å². The number of ketones is 1. The quantitative estimate of drug-likeness (QED) is 0.692. The molecule has 7 heteroatoms. The highest BCUT2D eigenvalue weighted by Crippen LogP contribution is 2.32. The summed E-state index contributed by atoms with van der Waals surface area (Å²) in [5.41, 5.74) is 9.21. The summed E-state index contributed by atoms with van der Waals surface area (Å²) >= 11 is 6.29. The van der Waals surface area contributed by atoms with Crippen molar-refractivity contribution in [3.63, 3.8) is 0 Å². The summed E-state index contributed by atoms with van der Waals surface area (Å²) in [5, 5.41) is 5.06. The number of carbonyl (C=O) groups excluding carboxylic acids is 2. The smallest absolute Gasteiger partial charge is 0.252 e. The zero-order valence-electron chi connectivity index (χ0n) is 15.4. The second-order valence-electron chi connectivity index (χ2n) is 7.06. The van der Waals surface area contributed by atoms with Crippen LogP contribution in [0.1, 0.15) is 34.5 Å². The van der Waals surface area contributed by atoms with Crippen LogP contribution in [-0.2, 0) is 11.2 Å². The number of benzene rings is 1. The number of carbonyl (C=O) groups is 2. The molecule has 2 aromatic heterocycles. The van der Waals surface area contributed by atoms with Gasteiger partial charge in [0.25, 0.3) is 5.91 Å². The first kappa shape index (κ1) is 18.4. The first-order valence-electron chi connectivity index (χ1n) is 9.07. The van der Waals surface area contributed by atoms with E-state index in [1.165, 1.54) is 0 Å². The van der Waals surface area contributed by atoms with Gasteiger partial charge in [-0.25, -0.2) is 4.68 Å². The summed E-state index contributed by atoms with van der Waals surface area (Å²) in [6.07, 6.45) is 5.56. The van der Waals surface area contributed by atoms with E-state index < -0.39 is 5.91 Å². The van der Waals surface area contributed by atoms with Crippen LogP contribution in [0.3, 0.4) is 0 Å². The number of nitrogens with two attached hydrogens (primary N) is 1. The lowest BCUT2D eigenvalue weighted by Gasteiger charge is -2.08. The molecule has 0 aliphatic heterocycles. The average molecular weight is 395 g/mol. The Labute approximate surface area is 167 Å². The minimum atomic E-state index is -0.586. The van der Waals surface area contributed by atoms with Gasteiger partial charge in [-0.15, -0.1) is 0 Å². The third-order valence-electron chi connectivity index (χ3n) is 4.87. The number of pyridine rings is 1. The van der Waals surface area contributed by atoms with Crippen LogP contribution in [0, 0.1) is 12.8 Å². The Hall–Kier alpha value is -2.99. The fraction of sp³-hybridized carbons (Fsp3) is 0.238. The molecule has 1 aliphatic rings. The molecule has 0 saturated heterocycles. The zero-order valence-corrected chi connectivity index (χ0v) is 16.1. The van der Waals surface area contributed by atoms with Gasteiger partial charge in [0, 0.05) is 36.0 Å². The highest BCUT2D eigenvalue weighted by molar-refractivity contribution is 6.33. The summed E-state index contributed by atoms with van der Waals surface area (Å²) in [7, 11) is 0. The topological polar surface area (TPSA) is 90.9 Å². The third kappa shape index (κ3) is 3.55. The van der Waals surface area contributed by atoms with Crippen LogP contribution in [0.15, 0.2) is 42.7 Å². The monoisotopic (exact) mass is 394 g/mol. The third-order valence-corrected chi connectivity index (χ3v) is 5.20. The van der Waals surface area contributed by atoms with Crippen LogP contribution < -0.4 is 5.73 Å². The largest absolute Gasteiger partial charge is 0.365 e. The second-order valence-corrected chi connectivity index (χ2v) is 7.47. The predicted molar refractivity (Wildman–Crippen MR) is 106 cm³/mol. The van der Waals surface area contributed by atoms with Gasteiger partial charge in [0.05, 0.1) is 16.3 Å². The van der Waals surface area contributed by atoms with Crippen LogP contribution in [-0.4, -0.2) is 26.5 Å². The molecule has 1 fully saturated rings.